The van der Waals surface area contributed by atoms with E-state index in [9.17, 15) is 0 Å². The first kappa shape index (κ1) is 13.9. The molecule has 3 nitrogen and oxygen atoms in total. The monoisotopic (exact) mass is 203 g/mol. The predicted molar refractivity (Wildman–Crippen MR) is 59.3 cm³/mol. The highest BCUT2D eigenvalue weighted by Gasteiger charge is 1.93. The van der Waals surface area contributed by atoms with Gasteiger partial charge in [-0.25, -0.2) is 0 Å². The van der Waals surface area contributed by atoms with E-state index in [1.807, 2.05) is 0 Å². The standard InChI is InChI=1S/C11H25NO2/c1-3-4-5-6-9-14-10-7-8-12-11(2)13/h11-13H,3-10H2,1-2H3. The molecule has 0 radical (unpaired) electrons. The first-order valence-electron chi connectivity index (χ1n) is 5.76. The molecule has 3 heteroatoms. The molecular formula is C11H25NO2. The number of unbranched alkanes of at least 4 members (excludes halogenated alkanes) is 3. The van der Waals surface area contributed by atoms with Crippen molar-refractivity contribution in [3.05, 3.63) is 0 Å². The Labute approximate surface area is 87.8 Å². The third kappa shape index (κ3) is 11.9. The van der Waals surface area contributed by atoms with Crippen LogP contribution in [-0.4, -0.2) is 31.1 Å². The predicted octanol–water partition coefficient (Wildman–Crippen LogP) is 1.90. The van der Waals surface area contributed by atoms with Crippen molar-refractivity contribution in [1.82, 2.24) is 5.32 Å². The largest absolute Gasteiger partial charge is 0.381 e. The van der Waals surface area contributed by atoms with Gasteiger partial charge in [-0.2, -0.15) is 0 Å². The molecule has 0 aliphatic carbocycles. The van der Waals surface area contributed by atoms with Gasteiger partial charge in [0.25, 0.3) is 0 Å². The average Bonchev–Trinajstić information content (AvgIpc) is 2.15. The lowest BCUT2D eigenvalue weighted by molar-refractivity contribution is 0.117. The summed E-state index contributed by atoms with van der Waals surface area (Å²) in [6, 6.07) is 0. The first-order chi connectivity index (χ1) is 6.77. The van der Waals surface area contributed by atoms with E-state index in [1.165, 1.54) is 25.7 Å². The number of hydrogen-bond acceptors (Lipinski definition) is 3. The minimum Gasteiger partial charge on any atom is -0.381 e. The smallest absolute Gasteiger partial charge is 0.102 e. The van der Waals surface area contributed by atoms with E-state index in [0.717, 1.165) is 26.2 Å². The van der Waals surface area contributed by atoms with Gasteiger partial charge in [0.05, 0.1) is 0 Å². The summed E-state index contributed by atoms with van der Waals surface area (Å²) in [6.45, 7) is 6.45. The number of ether oxygens (including phenoxy) is 1. The zero-order valence-corrected chi connectivity index (χ0v) is 9.59. The Bertz CT molecular complexity index is 107. The average molecular weight is 203 g/mol. The van der Waals surface area contributed by atoms with Gasteiger partial charge in [0.2, 0.25) is 0 Å². The van der Waals surface area contributed by atoms with Gasteiger partial charge >= 0.3 is 0 Å². The van der Waals surface area contributed by atoms with Crippen molar-refractivity contribution in [1.29, 1.82) is 0 Å². The van der Waals surface area contributed by atoms with Crippen LogP contribution in [0, 0.1) is 0 Å². The highest BCUT2D eigenvalue weighted by molar-refractivity contribution is 4.46. The molecule has 2 N–H and O–H groups in total. The number of hydrogen-bond donors (Lipinski definition) is 2. The van der Waals surface area contributed by atoms with Gasteiger partial charge in [0.15, 0.2) is 0 Å². The molecule has 1 atom stereocenters. The Balaban J connectivity index is 2.85. The summed E-state index contributed by atoms with van der Waals surface area (Å²) in [4.78, 5) is 0. The van der Waals surface area contributed by atoms with Crippen molar-refractivity contribution in [2.75, 3.05) is 19.8 Å². The van der Waals surface area contributed by atoms with Crippen LogP contribution in [0.25, 0.3) is 0 Å². The van der Waals surface area contributed by atoms with Crippen LogP contribution in [0.3, 0.4) is 0 Å². The zero-order chi connectivity index (χ0) is 10.6. The Morgan fingerprint density at radius 2 is 1.86 bits per heavy atom. The molecule has 14 heavy (non-hydrogen) atoms. The van der Waals surface area contributed by atoms with Crippen molar-refractivity contribution in [3.63, 3.8) is 0 Å². The Morgan fingerprint density at radius 3 is 2.50 bits per heavy atom. The molecule has 0 bridgehead atoms. The fourth-order valence-corrected chi connectivity index (χ4v) is 1.22. The van der Waals surface area contributed by atoms with E-state index in [-0.39, 0.29) is 0 Å². The fraction of sp³-hybridized carbons (Fsp3) is 1.00. The molecule has 0 amide bonds. The molecule has 0 fully saturated rings. The van der Waals surface area contributed by atoms with Gasteiger partial charge < -0.3 is 9.84 Å². The fourth-order valence-electron chi connectivity index (χ4n) is 1.22. The Hall–Kier alpha value is -0.120. The van der Waals surface area contributed by atoms with Gasteiger partial charge in [-0.1, -0.05) is 26.2 Å². The molecule has 0 aromatic carbocycles. The number of nitrogens with one attached hydrogen (secondary N) is 1. The summed E-state index contributed by atoms with van der Waals surface area (Å²) in [5.41, 5.74) is 0. The molecule has 0 aliphatic heterocycles. The molecule has 0 saturated heterocycles. The van der Waals surface area contributed by atoms with Crippen LogP contribution in [0.4, 0.5) is 0 Å². The highest BCUT2D eigenvalue weighted by atomic mass is 16.5. The van der Waals surface area contributed by atoms with Gasteiger partial charge in [0, 0.05) is 13.2 Å². The molecule has 0 saturated carbocycles. The second-order valence-electron chi connectivity index (χ2n) is 3.66. The lowest BCUT2D eigenvalue weighted by Gasteiger charge is -2.07. The third-order valence-electron chi connectivity index (χ3n) is 2.05. The van der Waals surface area contributed by atoms with E-state index in [1.54, 1.807) is 6.92 Å². The van der Waals surface area contributed by atoms with Crippen LogP contribution in [0.5, 0.6) is 0 Å². The normalized spacial score (nSPS) is 13.1. The van der Waals surface area contributed by atoms with Gasteiger partial charge in [-0.15, -0.1) is 0 Å². The van der Waals surface area contributed by atoms with Crippen molar-refractivity contribution in [2.45, 2.75) is 52.2 Å². The summed E-state index contributed by atoms with van der Waals surface area (Å²) in [5.74, 6) is 0. The second-order valence-corrected chi connectivity index (χ2v) is 3.66. The maximum Gasteiger partial charge on any atom is 0.102 e. The quantitative estimate of drug-likeness (QED) is 0.421. The van der Waals surface area contributed by atoms with Crippen LogP contribution in [0.15, 0.2) is 0 Å². The van der Waals surface area contributed by atoms with Crippen LogP contribution < -0.4 is 5.32 Å². The van der Waals surface area contributed by atoms with E-state index in [0.29, 0.717) is 0 Å². The second kappa shape index (κ2) is 11.0. The number of aliphatic hydroxyl groups is 1. The molecule has 0 rings (SSSR count). The van der Waals surface area contributed by atoms with Crippen molar-refractivity contribution < 1.29 is 9.84 Å². The zero-order valence-electron chi connectivity index (χ0n) is 9.59. The first-order valence-corrected chi connectivity index (χ1v) is 5.76. The molecule has 0 aromatic heterocycles. The Kier molecular flexibility index (Phi) is 10.9. The number of rotatable bonds is 10. The van der Waals surface area contributed by atoms with Gasteiger partial charge in [0.1, 0.15) is 6.23 Å². The summed E-state index contributed by atoms with van der Waals surface area (Å²) >= 11 is 0. The minimum absolute atomic E-state index is 0.403. The molecule has 1 unspecified atom stereocenters. The highest BCUT2D eigenvalue weighted by Crippen LogP contribution is 1.98. The Morgan fingerprint density at radius 1 is 1.14 bits per heavy atom. The van der Waals surface area contributed by atoms with Crippen molar-refractivity contribution in [2.24, 2.45) is 0 Å². The van der Waals surface area contributed by atoms with E-state index < -0.39 is 6.23 Å². The summed E-state index contributed by atoms with van der Waals surface area (Å²) in [7, 11) is 0. The van der Waals surface area contributed by atoms with E-state index in [4.69, 9.17) is 9.84 Å². The maximum absolute atomic E-state index is 8.90. The number of aliphatic hydroxyl groups excluding tert-OH is 1. The van der Waals surface area contributed by atoms with Crippen molar-refractivity contribution in [3.8, 4) is 0 Å². The molecule has 0 aliphatic rings. The summed E-state index contributed by atoms with van der Waals surface area (Å²) in [6.07, 6.45) is 5.61. The van der Waals surface area contributed by atoms with E-state index in [2.05, 4.69) is 12.2 Å². The molecule has 0 aromatic rings. The van der Waals surface area contributed by atoms with Gasteiger partial charge in [-0.05, 0) is 26.3 Å². The topological polar surface area (TPSA) is 41.5 Å². The van der Waals surface area contributed by atoms with Crippen molar-refractivity contribution >= 4 is 0 Å². The summed E-state index contributed by atoms with van der Waals surface area (Å²) < 4.78 is 5.44. The van der Waals surface area contributed by atoms with Crippen LogP contribution in [0.2, 0.25) is 0 Å². The molecular weight excluding hydrogens is 178 g/mol. The van der Waals surface area contributed by atoms with Gasteiger partial charge in [-0.3, -0.25) is 5.32 Å². The molecule has 86 valence electrons. The maximum atomic E-state index is 8.90. The summed E-state index contributed by atoms with van der Waals surface area (Å²) in [5, 5.41) is 11.8. The van der Waals surface area contributed by atoms with Crippen LogP contribution in [-0.2, 0) is 4.74 Å². The SMILES string of the molecule is CCCCCCOCCCNC(C)O. The third-order valence-corrected chi connectivity index (χ3v) is 2.05. The lowest BCUT2D eigenvalue weighted by atomic mass is 10.2. The lowest BCUT2D eigenvalue weighted by Crippen LogP contribution is -2.26. The van der Waals surface area contributed by atoms with Crippen LogP contribution >= 0.6 is 0 Å². The van der Waals surface area contributed by atoms with Crippen LogP contribution in [0.1, 0.15) is 46.0 Å². The molecule has 0 heterocycles. The molecule has 0 spiro atoms. The minimum atomic E-state index is -0.403. The van der Waals surface area contributed by atoms with E-state index >= 15 is 0 Å².